The summed E-state index contributed by atoms with van der Waals surface area (Å²) in [6, 6.07) is 7.78. The van der Waals surface area contributed by atoms with E-state index in [-0.39, 0.29) is 11.3 Å². The van der Waals surface area contributed by atoms with Crippen molar-refractivity contribution in [2.75, 3.05) is 12.3 Å². The van der Waals surface area contributed by atoms with Gasteiger partial charge < -0.3 is 11.1 Å². The molecular formula is C17H24N2O. The molecule has 108 valence electrons. The first-order chi connectivity index (χ1) is 9.60. The Hall–Kier alpha value is -1.51. The highest BCUT2D eigenvalue weighted by Crippen LogP contribution is 2.48. The zero-order chi connectivity index (χ0) is 14.2. The Kier molecular flexibility index (Phi) is 3.45. The molecule has 3 nitrogen and oxygen atoms in total. The summed E-state index contributed by atoms with van der Waals surface area (Å²) in [4.78, 5) is 12.5. The van der Waals surface area contributed by atoms with E-state index in [1.165, 1.54) is 19.3 Å². The SMILES string of the molecule is CC1CCC(CNC(=O)C2(c3ccc(N)cc3)CC2)C1. The van der Waals surface area contributed by atoms with Crippen molar-refractivity contribution in [2.45, 2.75) is 44.4 Å². The van der Waals surface area contributed by atoms with E-state index in [2.05, 4.69) is 12.2 Å². The standard InChI is InChI=1S/C17H24N2O/c1-12-2-3-13(10-12)11-19-16(20)17(8-9-17)14-4-6-15(18)7-5-14/h4-7,12-13H,2-3,8-11,18H2,1H3,(H,19,20). The first kappa shape index (κ1) is 13.5. The van der Waals surface area contributed by atoms with Crippen LogP contribution in [-0.4, -0.2) is 12.5 Å². The van der Waals surface area contributed by atoms with Crippen LogP contribution in [0, 0.1) is 11.8 Å². The molecule has 1 aromatic rings. The zero-order valence-corrected chi connectivity index (χ0v) is 12.2. The van der Waals surface area contributed by atoms with Gasteiger partial charge in [0.05, 0.1) is 5.41 Å². The fourth-order valence-electron chi connectivity index (χ4n) is 3.49. The third kappa shape index (κ3) is 2.54. The molecule has 0 aromatic heterocycles. The molecule has 2 aliphatic rings. The number of rotatable bonds is 4. The summed E-state index contributed by atoms with van der Waals surface area (Å²) >= 11 is 0. The largest absolute Gasteiger partial charge is 0.399 e. The number of carbonyl (C=O) groups excluding carboxylic acids is 1. The molecule has 2 unspecified atom stereocenters. The zero-order valence-electron chi connectivity index (χ0n) is 12.2. The van der Waals surface area contributed by atoms with Gasteiger partial charge in [0.2, 0.25) is 5.91 Å². The van der Waals surface area contributed by atoms with Crippen molar-refractivity contribution in [2.24, 2.45) is 11.8 Å². The smallest absolute Gasteiger partial charge is 0.230 e. The number of benzene rings is 1. The summed E-state index contributed by atoms with van der Waals surface area (Å²) in [7, 11) is 0. The van der Waals surface area contributed by atoms with Gasteiger partial charge >= 0.3 is 0 Å². The van der Waals surface area contributed by atoms with Crippen molar-refractivity contribution in [3.05, 3.63) is 29.8 Å². The van der Waals surface area contributed by atoms with Gasteiger partial charge in [-0.15, -0.1) is 0 Å². The van der Waals surface area contributed by atoms with E-state index < -0.39 is 0 Å². The Bertz CT molecular complexity index is 490. The molecule has 2 fully saturated rings. The van der Waals surface area contributed by atoms with Gasteiger partial charge in [0.25, 0.3) is 0 Å². The summed E-state index contributed by atoms with van der Waals surface area (Å²) in [5.74, 6) is 1.71. The maximum Gasteiger partial charge on any atom is 0.230 e. The van der Waals surface area contributed by atoms with Crippen molar-refractivity contribution in [3.8, 4) is 0 Å². The highest BCUT2D eigenvalue weighted by Gasteiger charge is 2.51. The first-order valence-corrected chi connectivity index (χ1v) is 7.74. The molecule has 2 saturated carbocycles. The van der Waals surface area contributed by atoms with Gasteiger partial charge in [-0.3, -0.25) is 4.79 Å². The average molecular weight is 272 g/mol. The Balaban J connectivity index is 1.60. The van der Waals surface area contributed by atoms with Gasteiger partial charge in [0.1, 0.15) is 0 Å². The Labute approximate surface area is 120 Å². The molecule has 0 radical (unpaired) electrons. The number of nitrogens with two attached hydrogens (primary N) is 1. The van der Waals surface area contributed by atoms with Crippen LogP contribution in [0.1, 0.15) is 44.6 Å². The molecule has 2 aliphatic carbocycles. The molecule has 0 bridgehead atoms. The van der Waals surface area contributed by atoms with E-state index in [4.69, 9.17) is 5.73 Å². The highest BCUT2D eigenvalue weighted by atomic mass is 16.2. The van der Waals surface area contributed by atoms with Gasteiger partial charge in [-0.2, -0.15) is 0 Å². The lowest BCUT2D eigenvalue weighted by Gasteiger charge is -2.18. The number of nitrogen functional groups attached to an aromatic ring is 1. The number of nitrogens with one attached hydrogen (secondary N) is 1. The van der Waals surface area contributed by atoms with E-state index in [1.54, 1.807) is 0 Å². The lowest BCUT2D eigenvalue weighted by atomic mass is 9.94. The second-order valence-electron chi connectivity index (χ2n) is 6.70. The molecular weight excluding hydrogens is 248 g/mol. The lowest BCUT2D eigenvalue weighted by Crippen LogP contribution is -2.37. The molecule has 0 aliphatic heterocycles. The van der Waals surface area contributed by atoms with Gasteiger partial charge in [-0.05, 0) is 55.2 Å². The van der Waals surface area contributed by atoms with Crippen LogP contribution in [0.5, 0.6) is 0 Å². The van der Waals surface area contributed by atoms with Crippen LogP contribution in [0.2, 0.25) is 0 Å². The molecule has 0 spiro atoms. The van der Waals surface area contributed by atoms with Crippen molar-refractivity contribution < 1.29 is 4.79 Å². The molecule has 1 aromatic carbocycles. The number of anilines is 1. The van der Waals surface area contributed by atoms with Crippen molar-refractivity contribution in [3.63, 3.8) is 0 Å². The van der Waals surface area contributed by atoms with Crippen molar-refractivity contribution in [1.82, 2.24) is 5.32 Å². The van der Waals surface area contributed by atoms with E-state index in [0.29, 0.717) is 5.92 Å². The van der Waals surface area contributed by atoms with E-state index in [0.717, 1.165) is 36.6 Å². The average Bonchev–Trinajstić information content (AvgIpc) is 3.15. The third-order valence-electron chi connectivity index (χ3n) is 5.00. The summed E-state index contributed by atoms with van der Waals surface area (Å²) in [5.41, 5.74) is 7.32. The van der Waals surface area contributed by atoms with E-state index in [9.17, 15) is 4.79 Å². The van der Waals surface area contributed by atoms with Gasteiger partial charge in [0, 0.05) is 12.2 Å². The maximum atomic E-state index is 12.5. The van der Waals surface area contributed by atoms with Gasteiger partial charge in [0.15, 0.2) is 0 Å². The predicted molar refractivity (Wildman–Crippen MR) is 81.3 cm³/mol. The van der Waals surface area contributed by atoms with Gasteiger partial charge in [-0.25, -0.2) is 0 Å². The predicted octanol–water partition coefficient (Wildman–Crippen LogP) is 2.85. The van der Waals surface area contributed by atoms with E-state index >= 15 is 0 Å². The summed E-state index contributed by atoms with van der Waals surface area (Å²) in [6.45, 7) is 3.15. The first-order valence-electron chi connectivity index (χ1n) is 7.74. The monoisotopic (exact) mass is 272 g/mol. The van der Waals surface area contributed by atoms with Crippen LogP contribution in [0.25, 0.3) is 0 Å². The number of amides is 1. The number of hydrogen-bond donors (Lipinski definition) is 2. The van der Waals surface area contributed by atoms with Crippen molar-refractivity contribution in [1.29, 1.82) is 0 Å². The second-order valence-corrected chi connectivity index (χ2v) is 6.70. The molecule has 1 amide bonds. The summed E-state index contributed by atoms with van der Waals surface area (Å²) in [6.07, 6.45) is 5.75. The Morgan fingerprint density at radius 1 is 1.30 bits per heavy atom. The third-order valence-corrected chi connectivity index (χ3v) is 5.00. The fourth-order valence-corrected chi connectivity index (χ4v) is 3.49. The number of hydrogen-bond acceptors (Lipinski definition) is 2. The van der Waals surface area contributed by atoms with Crippen LogP contribution in [0.3, 0.4) is 0 Å². The minimum absolute atomic E-state index is 0.210. The molecule has 20 heavy (non-hydrogen) atoms. The molecule has 3 rings (SSSR count). The molecule has 3 heteroatoms. The minimum Gasteiger partial charge on any atom is -0.399 e. The Morgan fingerprint density at radius 3 is 2.55 bits per heavy atom. The summed E-state index contributed by atoms with van der Waals surface area (Å²) < 4.78 is 0. The highest BCUT2D eigenvalue weighted by molar-refractivity contribution is 5.91. The van der Waals surface area contributed by atoms with E-state index in [1.807, 2.05) is 24.3 Å². The van der Waals surface area contributed by atoms with Crippen molar-refractivity contribution >= 4 is 11.6 Å². The summed E-state index contributed by atoms with van der Waals surface area (Å²) in [5, 5.41) is 3.19. The molecule has 0 heterocycles. The van der Waals surface area contributed by atoms with Crippen LogP contribution < -0.4 is 11.1 Å². The molecule has 2 atom stereocenters. The minimum atomic E-state index is -0.266. The fraction of sp³-hybridized carbons (Fsp3) is 0.588. The second kappa shape index (κ2) is 5.12. The maximum absolute atomic E-state index is 12.5. The lowest BCUT2D eigenvalue weighted by molar-refractivity contribution is -0.123. The molecule has 0 saturated heterocycles. The quantitative estimate of drug-likeness (QED) is 0.828. The number of carbonyl (C=O) groups is 1. The van der Waals surface area contributed by atoms with Crippen LogP contribution in [0.15, 0.2) is 24.3 Å². The van der Waals surface area contributed by atoms with Gasteiger partial charge in [-0.1, -0.05) is 25.5 Å². The van der Waals surface area contributed by atoms with Crippen LogP contribution >= 0.6 is 0 Å². The Morgan fingerprint density at radius 2 is 2.00 bits per heavy atom. The topological polar surface area (TPSA) is 55.1 Å². The van der Waals surface area contributed by atoms with Crippen LogP contribution in [0.4, 0.5) is 5.69 Å². The normalized spacial score (nSPS) is 27.2. The molecule has 3 N–H and O–H groups in total. The van der Waals surface area contributed by atoms with Crippen LogP contribution in [-0.2, 0) is 10.2 Å².